The summed E-state index contributed by atoms with van der Waals surface area (Å²) in [6, 6.07) is 9.36. The smallest absolute Gasteiger partial charge is 0.260 e. The second-order valence-electron chi connectivity index (χ2n) is 4.00. The summed E-state index contributed by atoms with van der Waals surface area (Å²) in [4.78, 5) is 12.1. The zero-order valence-corrected chi connectivity index (χ0v) is 12.2. The van der Waals surface area contributed by atoms with Crippen molar-refractivity contribution in [3.8, 4) is 0 Å². The van der Waals surface area contributed by atoms with E-state index in [1.807, 2.05) is 31.2 Å². The number of hydrogen-bond donors (Lipinski definition) is 2. The molecule has 0 aliphatic carbocycles. The summed E-state index contributed by atoms with van der Waals surface area (Å²) in [7, 11) is 0. The Hall–Kier alpha value is -1.59. The molecule has 0 aliphatic rings. The van der Waals surface area contributed by atoms with Crippen molar-refractivity contribution < 1.29 is 9.21 Å². The highest BCUT2D eigenvalue weighted by atomic mass is 79.9. The molecular formula is C14H15BrN2O2. The van der Waals surface area contributed by atoms with Crippen LogP contribution in [0.1, 0.15) is 22.8 Å². The molecule has 1 heterocycles. The van der Waals surface area contributed by atoms with E-state index < -0.39 is 0 Å². The first-order chi connectivity index (χ1) is 9.22. The first-order valence-corrected chi connectivity index (χ1v) is 6.84. The number of anilines is 1. The summed E-state index contributed by atoms with van der Waals surface area (Å²) in [5, 5.41) is 6.14. The van der Waals surface area contributed by atoms with E-state index in [-0.39, 0.29) is 5.91 Å². The van der Waals surface area contributed by atoms with Gasteiger partial charge in [-0.15, -0.1) is 0 Å². The number of rotatable bonds is 5. The number of amides is 1. The van der Waals surface area contributed by atoms with Crippen LogP contribution in [-0.4, -0.2) is 12.5 Å². The quantitative estimate of drug-likeness (QED) is 0.887. The van der Waals surface area contributed by atoms with Crippen molar-refractivity contribution in [2.45, 2.75) is 13.5 Å². The minimum absolute atomic E-state index is 0.190. The topological polar surface area (TPSA) is 54.3 Å². The van der Waals surface area contributed by atoms with Crippen LogP contribution >= 0.6 is 15.9 Å². The minimum Gasteiger partial charge on any atom is -0.457 e. The molecule has 0 fully saturated rings. The van der Waals surface area contributed by atoms with E-state index in [0.29, 0.717) is 10.2 Å². The summed E-state index contributed by atoms with van der Waals surface area (Å²) in [5.41, 5.74) is 2.34. The highest BCUT2D eigenvalue weighted by Gasteiger charge is 2.13. The first-order valence-electron chi connectivity index (χ1n) is 6.05. The Morgan fingerprint density at radius 3 is 2.79 bits per heavy atom. The molecule has 1 aromatic carbocycles. The third-order valence-electron chi connectivity index (χ3n) is 2.69. The Morgan fingerprint density at radius 1 is 1.32 bits per heavy atom. The molecule has 4 nitrogen and oxygen atoms in total. The summed E-state index contributed by atoms with van der Waals surface area (Å²) >= 11 is 3.20. The number of benzene rings is 1. The van der Waals surface area contributed by atoms with Crippen LogP contribution in [0, 0.1) is 0 Å². The zero-order chi connectivity index (χ0) is 13.7. The SMILES string of the molecule is CCNCc1ccccc1NC(=O)c1ccoc1Br. The van der Waals surface area contributed by atoms with Crippen molar-refractivity contribution in [3.63, 3.8) is 0 Å². The molecule has 1 aromatic heterocycles. The van der Waals surface area contributed by atoms with Gasteiger partial charge >= 0.3 is 0 Å². The monoisotopic (exact) mass is 322 g/mol. The average Bonchev–Trinajstić information content (AvgIpc) is 2.84. The van der Waals surface area contributed by atoms with Gasteiger partial charge in [0.15, 0.2) is 4.67 Å². The summed E-state index contributed by atoms with van der Waals surface area (Å²) in [6.07, 6.45) is 1.48. The second kappa shape index (κ2) is 6.54. The van der Waals surface area contributed by atoms with Crippen LogP contribution in [0.15, 0.2) is 45.7 Å². The first kappa shape index (κ1) is 13.8. The predicted molar refractivity (Wildman–Crippen MR) is 78.2 cm³/mol. The van der Waals surface area contributed by atoms with Crippen molar-refractivity contribution in [1.82, 2.24) is 5.32 Å². The van der Waals surface area contributed by atoms with Crippen LogP contribution in [-0.2, 0) is 6.54 Å². The van der Waals surface area contributed by atoms with Gasteiger partial charge in [-0.3, -0.25) is 4.79 Å². The molecule has 0 atom stereocenters. The van der Waals surface area contributed by atoms with Crippen LogP contribution in [0.4, 0.5) is 5.69 Å². The Balaban J connectivity index is 2.15. The normalized spacial score (nSPS) is 10.4. The summed E-state index contributed by atoms with van der Waals surface area (Å²) in [5.74, 6) is -0.190. The van der Waals surface area contributed by atoms with Crippen molar-refractivity contribution in [1.29, 1.82) is 0 Å². The fourth-order valence-corrected chi connectivity index (χ4v) is 2.12. The lowest BCUT2D eigenvalue weighted by Gasteiger charge is -2.10. The highest BCUT2D eigenvalue weighted by Crippen LogP contribution is 2.21. The third kappa shape index (κ3) is 3.45. The molecule has 19 heavy (non-hydrogen) atoms. The number of para-hydroxylation sites is 1. The molecule has 2 rings (SSSR count). The standard InChI is InChI=1S/C14H15BrN2O2/c1-2-16-9-10-5-3-4-6-12(10)17-14(18)11-7-8-19-13(11)15/h3-8,16H,2,9H2,1H3,(H,17,18). The molecule has 1 amide bonds. The minimum atomic E-state index is -0.190. The van der Waals surface area contributed by atoms with Crippen molar-refractivity contribution >= 4 is 27.5 Å². The molecule has 0 saturated heterocycles. The van der Waals surface area contributed by atoms with Gasteiger partial charge in [-0.2, -0.15) is 0 Å². The Bertz CT molecular complexity index is 566. The maximum absolute atomic E-state index is 12.1. The van der Waals surface area contributed by atoms with Gasteiger partial charge in [0, 0.05) is 12.2 Å². The van der Waals surface area contributed by atoms with Crippen LogP contribution in [0.3, 0.4) is 0 Å². The van der Waals surface area contributed by atoms with Crippen LogP contribution in [0.2, 0.25) is 0 Å². The fraction of sp³-hybridized carbons (Fsp3) is 0.214. The Labute approximate surface area is 120 Å². The van der Waals surface area contributed by atoms with Crippen molar-refractivity contribution in [3.05, 3.63) is 52.4 Å². The van der Waals surface area contributed by atoms with Gasteiger partial charge in [-0.05, 0) is 40.2 Å². The van der Waals surface area contributed by atoms with E-state index in [1.54, 1.807) is 6.07 Å². The van der Waals surface area contributed by atoms with E-state index >= 15 is 0 Å². The Morgan fingerprint density at radius 2 is 2.11 bits per heavy atom. The maximum atomic E-state index is 12.1. The van der Waals surface area contributed by atoms with Crippen molar-refractivity contribution in [2.24, 2.45) is 0 Å². The number of halogens is 1. The van der Waals surface area contributed by atoms with E-state index in [0.717, 1.165) is 24.3 Å². The number of carbonyl (C=O) groups excluding carboxylic acids is 1. The van der Waals surface area contributed by atoms with Gasteiger partial charge in [0.05, 0.1) is 11.8 Å². The van der Waals surface area contributed by atoms with Gasteiger partial charge in [0.25, 0.3) is 5.91 Å². The number of carbonyl (C=O) groups is 1. The van der Waals surface area contributed by atoms with Crippen LogP contribution < -0.4 is 10.6 Å². The van der Waals surface area contributed by atoms with Crippen molar-refractivity contribution in [2.75, 3.05) is 11.9 Å². The lowest BCUT2D eigenvalue weighted by Crippen LogP contribution is -2.16. The van der Waals surface area contributed by atoms with Gasteiger partial charge in [-0.1, -0.05) is 25.1 Å². The van der Waals surface area contributed by atoms with Crippen LogP contribution in [0.5, 0.6) is 0 Å². The highest BCUT2D eigenvalue weighted by molar-refractivity contribution is 9.10. The summed E-state index contributed by atoms with van der Waals surface area (Å²) < 4.78 is 5.50. The number of nitrogens with one attached hydrogen (secondary N) is 2. The molecule has 0 saturated carbocycles. The second-order valence-corrected chi connectivity index (χ2v) is 4.72. The van der Waals surface area contributed by atoms with Gasteiger partial charge in [0.1, 0.15) is 0 Å². The molecule has 0 aliphatic heterocycles. The van der Waals surface area contributed by atoms with E-state index in [9.17, 15) is 4.79 Å². The zero-order valence-electron chi connectivity index (χ0n) is 10.6. The fourth-order valence-electron chi connectivity index (χ4n) is 1.70. The van der Waals surface area contributed by atoms with E-state index in [4.69, 9.17) is 4.42 Å². The van der Waals surface area contributed by atoms with E-state index in [2.05, 4.69) is 26.6 Å². The molecule has 2 aromatic rings. The molecule has 100 valence electrons. The molecule has 0 unspecified atom stereocenters. The van der Waals surface area contributed by atoms with Gasteiger partial charge in [-0.25, -0.2) is 0 Å². The largest absolute Gasteiger partial charge is 0.457 e. The maximum Gasteiger partial charge on any atom is 0.260 e. The molecule has 0 radical (unpaired) electrons. The molecule has 2 N–H and O–H groups in total. The van der Waals surface area contributed by atoms with Gasteiger partial charge < -0.3 is 15.1 Å². The lowest BCUT2D eigenvalue weighted by atomic mass is 10.1. The predicted octanol–water partition coefficient (Wildman–Crippen LogP) is 3.40. The third-order valence-corrected chi connectivity index (χ3v) is 3.31. The molecule has 0 spiro atoms. The van der Waals surface area contributed by atoms with Gasteiger partial charge in [0.2, 0.25) is 0 Å². The van der Waals surface area contributed by atoms with Crippen LogP contribution in [0.25, 0.3) is 0 Å². The number of furan rings is 1. The molecule has 0 bridgehead atoms. The molecule has 5 heteroatoms. The number of hydrogen-bond acceptors (Lipinski definition) is 3. The average molecular weight is 323 g/mol. The van der Waals surface area contributed by atoms with E-state index in [1.165, 1.54) is 6.26 Å². The molecular weight excluding hydrogens is 308 g/mol. The summed E-state index contributed by atoms with van der Waals surface area (Å²) in [6.45, 7) is 3.65. The Kier molecular flexibility index (Phi) is 4.76. The lowest BCUT2D eigenvalue weighted by molar-refractivity contribution is 0.102.